The first-order valence-corrected chi connectivity index (χ1v) is 6.48. The van der Waals surface area contributed by atoms with Gasteiger partial charge in [-0.25, -0.2) is 9.97 Å². The number of ether oxygens (including phenoxy) is 1. The lowest BCUT2D eigenvalue weighted by atomic mass is 10.0. The first-order valence-electron chi connectivity index (χ1n) is 6.48. The average molecular weight is 233 g/mol. The van der Waals surface area contributed by atoms with Gasteiger partial charge in [-0.2, -0.15) is 0 Å². The van der Waals surface area contributed by atoms with Gasteiger partial charge in [-0.3, -0.25) is 0 Å². The zero-order valence-corrected chi connectivity index (χ0v) is 10.2. The van der Waals surface area contributed by atoms with Crippen molar-refractivity contribution in [3.05, 3.63) is 18.0 Å². The largest absolute Gasteiger partial charge is 0.378 e. The molecule has 0 spiro atoms. The van der Waals surface area contributed by atoms with Crippen molar-refractivity contribution in [2.75, 3.05) is 11.9 Å². The number of hydrogen-bond donors (Lipinski definition) is 1. The van der Waals surface area contributed by atoms with Crippen LogP contribution >= 0.6 is 0 Å². The third kappa shape index (κ3) is 2.75. The molecule has 1 aromatic rings. The fourth-order valence-corrected chi connectivity index (χ4v) is 2.41. The molecule has 1 N–H and O–H groups in total. The highest BCUT2D eigenvalue weighted by molar-refractivity contribution is 5.26. The number of anilines is 1. The number of nitrogens with zero attached hydrogens (tertiary/aromatic N) is 2. The summed E-state index contributed by atoms with van der Waals surface area (Å²) in [5.74, 6) is 1.57. The molecule has 2 fully saturated rings. The quantitative estimate of drug-likeness (QED) is 0.869. The van der Waals surface area contributed by atoms with E-state index in [9.17, 15) is 0 Å². The van der Waals surface area contributed by atoms with E-state index in [0.717, 1.165) is 36.9 Å². The third-order valence-electron chi connectivity index (χ3n) is 3.58. The summed E-state index contributed by atoms with van der Waals surface area (Å²) in [5, 5.41) is 3.42. The van der Waals surface area contributed by atoms with E-state index in [2.05, 4.69) is 15.3 Å². The number of hydrogen-bond acceptors (Lipinski definition) is 4. The maximum atomic E-state index is 5.81. The maximum Gasteiger partial charge on any atom is 0.222 e. The maximum absolute atomic E-state index is 5.81. The molecule has 2 atom stereocenters. The molecular weight excluding hydrogens is 214 g/mol. The van der Waals surface area contributed by atoms with Crippen LogP contribution in [0.4, 0.5) is 5.95 Å². The topological polar surface area (TPSA) is 47.0 Å². The Morgan fingerprint density at radius 3 is 2.71 bits per heavy atom. The van der Waals surface area contributed by atoms with Gasteiger partial charge in [0.1, 0.15) is 0 Å². The molecule has 0 bridgehead atoms. The van der Waals surface area contributed by atoms with Crippen molar-refractivity contribution in [2.45, 2.75) is 44.8 Å². The van der Waals surface area contributed by atoms with Crippen LogP contribution in [0.2, 0.25) is 0 Å². The monoisotopic (exact) mass is 233 g/mol. The minimum atomic E-state index is 0.465. The van der Waals surface area contributed by atoms with Crippen LogP contribution < -0.4 is 5.32 Å². The van der Waals surface area contributed by atoms with Crippen LogP contribution in [-0.2, 0) is 4.74 Å². The van der Waals surface area contributed by atoms with Crippen molar-refractivity contribution < 1.29 is 4.74 Å². The fourth-order valence-electron chi connectivity index (χ4n) is 2.41. The van der Waals surface area contributed by atoms with Crippen LogP contribution in [0.3, 0.4) is 0 Å². The average Bonchev–Trinajstić information content (AvgIpc) is 3.17. The predicted molar refractivity (Wildman–Crippen MR) is 65.9 cm³/mol. The van der Waals surface area contributed by atoms with Crippen molar-refractivity contribution in [1.82, 2.24) is 9.97 Å². The second kappa shape index (κ2) is 4.61. The Hall–Kier alpha value is -1.16. The van der Waals surface area contributed by atoms with Gasteiger partial charge >= 0.3 is 0 Å². The zero-order chi connectivity index (χ0) is 11.7. The second-order valence-corrected chi connectivity index (χ2v) is 5.20. The predicted octanol–water partition coefficient (Wildman–Crippen LogP) is 2.15. The molecule has 1 saturated heterocycles. The molecule has 2 aliphatic rings. The fraction of sp³-hybridized carbons (Fsp3) is 0.692. The number of rotatable bonds is 3. The Bertz CT molecular complexity index is 375. The Morgan fingerprint density at radius 2 is 2.00 bits per heavy atom. The Morgan fingerprint density at radius 1 is 1.24 bits per heavy atom. The summed E-state index contributed by atoms with van der Waals surface area (Å²) in [5.41, 5.74) is 1.10. The lowest BCUT2D eigenvalue weighted by Gasteiger charge is -2.30. The van der Waals surface area contributed by atoms with E-state index < -0.39 is 0 Å². The molecule has 92 valence electrons. The minimum absolute atomic E-state index is 0.465. The lowest BCUT2D eigenvalue weighted by Crippen LogP contribution is -2.35. The number of aryl methyl sites for hydroxylation is 1. The van der Waals surface area contributed by atoms with Gasteiger partial charge < -0.3 is 10.1 Å². The summed E-state index contributed by atoms with van der Waals surface area (Å²) in [6.07, 6.45) is 9.02. The van der Waals surface area contributed by atoms with E-state index in [-0.39, 0.29) is 0 Å². The van der Waals surface area contributed by atoms with E-state index in [1.807, 2.05) is 19.3 Å². The third-order valence-corrected chi connectivity index (χ3v) is 3.58. The molecule has 1 aliphatic heterocycles. The lowest BCUT2D eigenvalue weighted by molar-refractivity contribution is -0.00228. The zero-order valence-electron chi connectivity index (χ0n) is 10.2. The van der Waals surface area contributed by atoms with E-state index in [0.29, 0.717) is 12.1 Å². The molecule has 4 nitrogen and oxygen atoms in total. The minimum Gasteiger partial charge on any atom is -0.378 e. The summed E-state index contributed by atoms with van der Waals surface area (Å²) in [6.45, 7) is 2.87. The van der Waals surface area contributed by atoms with E-state index in [4.69, 9.17) is 4.74 Å². The highest BCUT2D eigenvalue weighted by Gasteiger charge is 2.35. The molecule has 4 heteroatoms. The molecule has 17 heavy (non-hydrogen) atoms. The molecule has 0 amide bonds. The van der Waals surface area contributed by atoms with E-state index >= 15 is 0 Å². The highest BCUT2D eigenvalue weighted by Crippen LogP contribution is 2.38. The number of aromatic nitrogens is 2. The van der Waals surface area contributed by atoms with Gasteiger partial charge in [-0.05, 0) is 44.1 Å². The summed E-state index contributed by atoms with van der Waals surface area (Å²) in [6, 6.07) is 0.469. The van der Waals surface area contributed by atoms with Crippen LogP contribution in [0.15, 0.2) is 12.4 Å². The number of nitrogens with one attached hydrogen (secondary N) is 1. The van der Waals surface area contributed by atoms with Gasteiger partial charge in [0, 0.05) is 25.0 Å². The molecule has 2 unspecified atom stereocenters. The van der Waals surface area contributed by atoms with Gasteiger partial charge in [0.2, 0.25) is 5.95 Å². The molecule has 0 aromatic carbocycles. The smallest absolute Gasteiger partial charge is 0.222 e. The first kappa shape index (κ1) is 11.0. The molecule has 1 saturated carbocycles. The molecule has 0 radical (unpaired) electrons. The molecule has 1 aromatic heterocycles. The normalized spacial score (nSPS) is 29.0. The molecule has 2 heterocycles. The Balaban J connectivity index is 1.58. The van der Waals surface area contributed by atoms with Crippen molar-refractivity contribution in [1.29, 1.82) is 0 Å². The van der Waals surface area contributed by atoms with Crippen LogP contribution in [-0.4, -0.2) is 28.7 Å². The van der Waals surface area contributed by atoms with Gasteiger partial charge in [-0.15, -0.1) is 0 Å². The van der Waals surface area contributed by atoms with Crippen molar-refractivity contribution in [3.63, 3.8) is 0 Å². The standard InChI is InChI=1S/C13H19N3O/c1-9-7-14-13(15-8-9)16-11-4-5-17-12(6-11)10-2-3-10/h7-8,10-12H,2-6H2,1H3,(H,14,15,16). The summed E-state index contributed by atoms with van der Waals surface area (Å²) in [4.78, 5) is 8.59. The van der Waals surface area contributed by atoms with Crippen LogP contribution in [0, 0.1) is 12.8 Å². The van der Waals surface area contributed by atoms with Crippen molar-refractivity contribution in [3.8, 4) is 0 Å². The van der Waals surface area contributed by atoms with Gasteiger partial charge in [0.15, 0.2) is 0 Å². The van der Waals surface area contributed by atoms with E-state index in [1.165, 1.54) is 12.8 Å². The van der Waals surface area contributed by atoms with Crippen LogP contribution in [0.5, 0.6) is 0 Å². The van der Waals surface area contributed by atoms with Crippen molar-refractivity contribution >= 4 is 5.95 Å². The van der Waals surface area contributed by atoms with Crippen LogP contribution in [0.25, 0.3) is 0 Å². The summed E-state index contributed by atoms with van der Waals surface area (Å²) in [7, 11) is 0. The van der Waals surface area contributed by atoms with Crippen LogP contribution in [0.1, 0.15) is 31.2 Å². The molecule has 3 rings (SSSR count). The van der Waals surface area contributed by atoms with Gasteiger partial charge in [0.05, 0.1) is 6.10 Å². The highest BCUT2D eigenvalue weighted by atomic mass is 16.5. The molecular formula is C13H19N3O. The Labute approximate surface area is 102 Å². The van der Waals surface area contributed by atoms with E-state index in [1.54, 1.807) is 0 Å². The molecule has 1 aliphatic carbocycles. The first-order chi connectivity index (χ1) is 8.31. The Kier molecular flexibility index (Phi) is 2.97. The van der Waals surface area contributed by atoms with Crippen molar-refractivity contribution in [2.24, 2.45) is 5.92 Å². The van der Waals surface area contributed by atoms with Gasteiger partial charge in [0.25, 0.3) is 0 Å². The summed E-state index contributed by atoms with van der Waals surface area (Å²) < 4.78 is 5.81. The summed E-state index contributed by atoms with van der Waals surface area (Å²) >= 11 is 0. The van der Waals surface area contributed by atoms with Gasteiger partial charge in [-0.1, -0.05) is 0 Å². The SMILES string of the molecule is Cc1cnc(NC2CCOC(C3CC3)C2)nc1. The second-order valence-electron chi connectivity index (χ2n) is 5.20.